The molecule has 1 aromatic carbocycles. The van der Waals surface area contributed by atoms with Crippen molar-refractivity contribution in [3.63, 3.8) is 0 Å². The number of nitrogens with zero attached hydrogens (tertiary/aromatic N) is 2. The van der Waals surface area contributed by atoms with Gasteiger partial charge in [-0.3, -0.25) is 4.79 Å². The molecule has 0 bridgehead atoms. The molecule has 112 valence electrons. The molecule has 0 aliphatic heterocycles. The van der Waals surface area contributed by atoms with Crippen molar-refractivity contribution in [2.75, 3.05) is 12.0 Å². The number of aromatic nitrogens is 2. The van der Waals surface area contributed by atoms with Crippen molar-refractivity contribution < 1.29 is 9.53 Å². The van der Waals surface area contributed by atoms with Gasteiger partial charge in [0.1, 0.15) is 5.82 Å². The Kier molecular flexibility index (Phi) is 4.62. The Balaban J connectivity index is 2.35. The van der Waals surface area contributed by atoms with Gasteiger partial charge in [0.25, 0.3) is 5.56 Å². The number of rotatable bonds is 3. The van der Waals surface area contributed by atoms with Gasteiger partial charge in [-0.2, -0.15) is 4.68 Å². The fourth-order valence-electron chi connectivity index (χ4n) is 1.77. The van der Waals surface area contributed by atoms with E-state index in [9.17, 15) is 9.59 Å². The van der Waals surface area contributed by atoms with Crippen molar-refractivity contribution in [1.29, 1.82) is 0 Å². The first-order chi connectivity index (χ1) is 9.88. The van der Waals surface area contributed by atoms with Crippen molar-refractivity contribution in [2.24, 2.45) is 5.92 Å². The van der Waals surface area contributed by atoms with Crippen LogP contribution in [0.25, 0.3) is 10.9 Å². The van der Waals surface area contributed by atoms with E-state index in [1.165, 1.54) is 0 Å². The van der Waals surface area contributed by atoms with E-state index in [4.69, 9.17) is 4.74 Å². The van der Waals surface area contributed by atoms with Crippen molar-refractivity contribution in [1.82, 2.24) is 9.66 Å². The molecule has 1 N–H and O–H groups in total. The van der Waals surface area contributed by atoms with E-state index in [-0.39, 0.29) is 18.1 Å². The minimum absolute atomic E-state index is 0.222. The van der Waals surface area contributed by atoms with E-state index in [1.54, 1.807) is 19.1 Å². The van der Waals surface area contributed by atoms with E-state index in [0.717, 1.165) is 9.15 Å². The van der Waals surface area contributed by atoms with Crippen LogP contribution >= 0.6 is 15.9 Å². The molecule has 0 radical (unpaired) electrons. The summed E-state index contributed by atoms with van der Waals surface area (Å²) >= 11 is 3.31. The number of fused-ring (bicyclic) bond motifs is 1. The SMILES string of the molecule is Cc1nc2ccc(Br)cc2c(=O)n1NC(=O)OCC(C)C. The van der Waals surface area contributed by atoms with Crippen LogP contribution in [0.15, 0.2) is 27.5 Å². The normalized spacial score (nSPS) is 10.9. The lowest BCUT2D eigenvalue weighted by molar-refractivity contribution is 0.144. The van der Waals surface area contributed by atoms with Gasteiger partial charge in [-0.05, 0) is 31.0 Å². The Labute approximate surface area is 130 Å². The number of amides is 1. The Hall–Kier alpha value is -1.89. The molecule has 2 rings (SSSR count). The monoisotopic (exact) mass is 353 g/mol. The van der Waals surface area contributed by atoms with Crippen LogP contribution in [0.5, 0.6) is 0 Å². The molecular formula is C14H16BrN3O3. The molecule has 0 atom stereocenters. The van der Waals surface area contributed by atoms with Crippen molar-refractivity contribution >= 4 is 32.9 Å². The molecule has 7 heteroatoms. The third-order valence-corrected chi connectivity index (χ3v) is 3.24. The number of halogens is 1. The first-order valence-electron chi connectivity index (χ1n) is 6.51. The minimum Gasteiger partial charge on any atom is -0.448 e. The van der Waals surface area contributed by atoms with Crippen LogP contribution in [0.1, 0.15) is 19.7 Å². The molecule has 0 spiro atoms. The zero-order valence-electron chi connectivity index (χ0n) is 12.0. The van der Waals surface area contributed by atoms with Gasteiger partial charge in [-0.1, -0.05) is 29.8 Å². The van der Waals surface area contributed by atoms with Crippen LogP contribution in [0.4, 0.5) is 4.79 Å². The Morgan fingerprint density at radius 2 is 2.19 bits per heavy atom. The number of benzene rings is 1. The molecule has 1 amide bonds. The number of aryl methyl sites for hydroxylation is 1. The molecule has 0 saturated heterocycles. The average Bonchev–Trinajstić information content (AvgIpc) is 2.42. The maximum Gasteiger partial charge on any atom is 0.426 e. The Bertz CT molecular complexity index is 740. The first kappa shape index (κ1) is 15.5. The third kappa shape index (κ3) is 3.60. The third-order valence-electron chi connectivity index (χ3n) is 2.75. The van der Waals surface area contributed by atoms with Crippen LogP contribution in [0, 0.1) is 12.8 Å². The summed E-state index contributed by atoms with van der Waals surface area (Å²) < 4.78 is 6.87. The summed E-state index contributed by atoms with van der Waals surface area (Å²) in [6, 6.07) is 5.22. The second-order valence-corrected chi connectivity index (χ2v) is 5.98. The molecule has 6 nitrogen and oxygen atoms in total. The van der Waals surface area contributed by atoms with Gasteiger partial charge in [-0.25, -0.2) is 15.2 Å². The van der Waals surface area contributed by atoms with Crippen LogP contribution in [-0.2, 0) is 4.74 Å². The largest absolute Gasteiger partial charge is 0.448 e. The molecule has 0 unspecified atom stereocenters. The number of ether oxygens (including phenoxy) is 1. The molecule has 0 aliphatic carbocycles. The lowest BCUT2D eigenvalue weighted by Crippen LogP contribution is -2.36. The predicted octanol–water partition coefficient (Wildman–Crippen LogP) is 2.80. The molecular weight excluding hydrogens is 338 g/mol. The summed E-state index contributed by atoms with van der Waals surface area (Å²) in [6.07, 6.45) is -0.676. The van der Waals surface area contributed by atoms with Gasteiger partial charge in [0, 0.05) is 4.47 Å². The molecule has 1 heterocycles. The van der Waals surface area contributed by atoms with Crippen molar-refractivity contribution in [3.8, 4) is 0 Å². The van der Waals surface area contributed by atoms with Gasteiger partial charge < -0.3 is 4.74 Å². The fraction of sp³-hybridized carbons (Fsp3) is 0.357. The van der Waals surface area contributed by atoms with E-state index < -0.39 is 6.09 Å². The molecule has 0 fully saturated rings. The van der Waals surface area contributed by atoms with Gasteiger partial charge in [0.05, 0.1) is 17.5 Å². The highest BCUT2D eigenvalue weighted by molar-refractivity contribution is 9.10. The summed E-state index contributed by atoms with van der Waals surface area (Å²) in [5, 5.41) is 0.416. The molecule has 2 aromatic rings. The second kappa shape index (κ2) is 6.26. The number of hydrogen-bond donors (Lipinski definition) is 1. The number of nitrogens with one attached hydrogen (secondary N) is 1. The lowest BCUT2D eigenvalue weighted by Gasteiger charge is -2.13. The topological polar surface area (TPSA) is 73.2 Å². The highest BCUT2D eigenvalue weighted by atomic mass is 79.9. The van der Waals surface area contributed by atoms with Crippen molar-refractivity contribution in [2.45, 2.75) is 20.8 Å². The van der Waals surface area contributed by atoms with Crippen LogP contribution < -0.4 is 11.0 Å². The predicted molar refractivity (Wildman–Crippen MR) is 84.0 cm³/mol. The van der Waals surface area contributed by atoms with Gasteiger partial charge in [0.15, 0.2) is 0 Å². The summed E-state index contributed by atoms with van der Waals surface area (Å²) in [4.78, 5) is 28.4. The molecule has 0 saturated carbocycles. The summed E-state index contributed by atoms with van der Waals surface area (Å²) in [6.45, 7) is 5.79. The second-order valence-electron chi connectivity index (χ2n) is 5.07. The number of hydrogen-bond acceptors (Lipinski definition) is 4. The first-order valence-corrected chi connectivity index (χ1v) is 7.30. The average molecular weight is 354 g/mol. The van der Waals surface area contributed by atoms with E-state index in [2.05, 4.69) is 26.3 Å². The maximum absolute atomic E-state index is 12.4. The lowest BCUT2D eigenvalue weighted by atomic mass is 10.2. The highest BCUT2D eigenvalue weighted by Crippen LogP contribution is 2.15. The highest BCUT2D eigenvalue weighted by Gasteiger charge is 2.12. The Morgan fingerprint density at radius 3 is 2.86 bits per heavy atom. The molecule has 0 aliphatic rings. The van der Waals surface area contributed by atoms with Crippen molar-refractivity contribution in [3.05, 3.63) is 38.9 Å². The smallest absolute Gasteiger partial charge is 0.426 e. The van der Waals surface area contributed by atoms with Crippen LogP contribution in [0.3, 0.4) is 0 Å². The summed E-state index contributed by atoms with van der Waals surface area (Å²) in [7, 11) is 0. The van der Waals surface area contributed by atoms with Crippen LogP contribution in [0.2, 0.25) is 0 Å². The quantitative estimate of drug-likeness (QED) is 0.920. The zero-order valence-corrected chi connectivity index (χ0v) is 13.6. The molecule has 21 heavy (non-hydrogen) atoms. The van der Waals surface area contributed by atoms with Gasteiger partial charge >= 0.3 is 6.09 Å². The van der Waals surface area contributed by atoms with Gasteiger partial charge in [-0.15, -0.1) is 0 Å². The standard InChI is InChI=1S/C14H16BrN3O3/c1-8(2)7-21-14(20)17-18-9(3)16-12-5-4-10(15)6-11(12)13(18)19/h4-6,8H,7H2,1-3H3,(H,17,20). The Morgan fingerprint density at radius 1 is 1.48 bits per heavy atom. The zero-order chi connectivity index (χ0) is 15.6. The summed E-state index contributed by atoms with van der Waals surface area (Å²) in [5.74, 6) is 0.607. The van der Waals surface area contributed by atoms with Gasteiger partial charge in [0.2, 0.25) is 0 Å². The maximum atomic E-state index is 12.4. The number of carbonyl (C=O) groups is 1. The molecule has 1 aromatic heterocycles. The number of carbonyl (C=O) groups excluding carboxylic acids is 1. The van der Waals surface area contributed by atoms with E-state index in [1.807, 2.05) is 19.9 Å². The minimum atomic E-state index is -0.676. The van der Waals surface area contributed by atoms with Crippen LogP contribution in [-0.4, -0.2) is 22.4 Å². The van der Waals surface area contributed by atoms with E-state index in [0.29, 0.717) is 16.7 Å². The fourth-order valence-corrected chi connectivity index (χ4v) is 2.13. The van der Waals surface area contributed by atoms with E-state index >= 15 is 0 Å². The summed E-state index contributed by atoms with van der Waals surface area (Å²) in [5.41, 5.74) is 2.64.